The molecule has 5 nitrogen and oxygen atoms in total. The largest absolute Gasteiger partial charge is 0.481 e. The summed E-state index contributed by atoms with van der Waals surface area (Å²) in [7, 11) is 0. The highest BCUT2D eigenvalue weighted by Crippen LogP contribution is 2.26. The molecule has 0 unspecified atom stereocenters. The summed E-state index contributed by atoms with van der Waals surface area (Å²) in [6.07, 6.45) is 5.05. The maximum atomic E-state index is 12.1. The molecule has 0 saturated heterocycles. The van der Waals surface area contributed by atoms with Crippen LogP contribution in [-0.4, -0.2) is 23.0 Å². The van der Waals surface area contributed by atoms with Crippen LogP contribution in [0.2, 0.25) is 0 Å². The molecule has 0 spiro atoms. The van der Waals surface area contributed by atoms with Crippen LogP contribution in [-0.2, 0) is 11.2 Å². The van der Waals surface area contributed by atoms with Gasteiger partial charge in [0, 0.05) is 12.5 Å². The van der Waals surface area contributed by atoms with Crippen molar-refractivity contribution >= 4 is 11.9 Å². The standard InChI is InChI=1S/C14H19NO4/c1-2-3-12-11(6-7-19-12)13(16)15-10-5-4-9(8-10)14(17)18/h6-7,9-10H,2-5,8H2,1H3,(H,15,16)(H,17,18)/t9-,10+/m1/s1. The van der Waals surface area contributed by atoms with Gasteiger partial charge in [-0.15, -0.1) is 0 Å². The van der Waals surface area contributed by atoms with Gasteiger partial charge in [0.05, 0.1) is 17.7 Å². The van der Waals surface area contributed by atoms with Gasteiger partial charge < -0.3 is 14.8 Å². The van der Waals surface area contributed by atoms with Crippen molar-refractivity contribution in [2.24, 2.45) is 5.92 Å². The molecule has 2 N–H and O–H groups in total. The van der Waals surface area contributed by atoms with E-state index in [0.29, 0.717) is 24.2 Å². The second kappa shape index (κ2) is 5.91. The van der Waals surface area contributed by atoms with Crippen molar-refractivity contribution in [2.45, 2.75) is 45.1 Å². The molecule has 0 aliphatic heterocycles. The Bertz CT molecular complexity index is 466. The van der Waals surface area contributed by atoms with Gasteiger partial charge in [-0.1, -0.05) is 6.92 Å². The average Bonchev–Trinajstić information content (AvgIpc) is 2.98. The SMILES string of the molecule is CCCc1occc1C(=O)N[C@H]1CC[C@@H](C(=O)O)C1. The fraction of sp³-hybridized carbons (Fsp3) is 0.571. The fourth-order valence-corrected chi connectivity index (χ4v) is 2.56. The molecule has 1 fully saturated rings. The number of carbonyl (C=O) groups is 2. The molecule has 19 heavy (non-hydrogen) atoms. The van der Waals surface area contributed by atoms with E-state index >= 15 is 0 Å². The van der Waals surface area contributed by atoms with Crippen molar-refractivity contribution < 1.29 is 19.1 Å². The van der Waals surface area contributed by atoms with Crippen LogP contribution in [0.3, 0.4) is 0 Å². The Hall–Kier alpha value is -1.78. The molecule has 1 saturated carbocycles. The Kier molecular flexibility index (Phi) is 4.24. The number of hydrogen-bond acceptors (Lipinski definition) is 3. The number of aryl methyl sites for hydroxylation is 1. The molecule has 1 aromatic rings. The predicted molar refractivity (Wildman–Crippen MR) is 68.9 cm³/mol. The lowest BCUT2D eigenvalue weighted by molar-refractivity contribution is -0.141. The molecule has 5 heteroatoms. The zero-order valence-electron chi connectivity index (χ0n) is 11.0. The quantitative estimate of drug-likeness (QED) is 0.855. The van der Waals surface area contributed by atoms with Gasteiger partial charge in [0.15, 0.2) is 0 Å². The maximum Gasteiger partial charge on any atom is 0.306 e. The minimum atomic E-state index is -0.772. The second-order valence-corrected chi connectivity index (χ2v) is 5.03. The first kappa shape index (κ1) is 13.6. The lowest BCUT2D eigenvalue weighted by Gasteiger charge is -2.12. The number of carboxylic acids is 1. The molecule has 1 aliphatic rings. The Balaban J connectivity index is 1.94. The molecule has 2 rings (SSSR count). The predicted octanol–water partition coefficient (Wildman–Crippen LogP) is 2.22. The third-order valence-electron chi connectivity index (χ3n) is 3.58. The van der Waals surface area contributed by atoms with Crippen molar-refractivity contribution in [3.05, 3.63) is 23.7 Å². The number of carbonyl (C=O) groups excluding carboxylic acids is 1. The highest BCUT2D eigenvalue weighted by Gasteiger charge is 2.31. The zero-order valence-corrected chi connectivity index (χ0v) is 11.0. The topological polar surface area (TPSA) is 79.5 Å². The van der Waals surface area contributed by atoms with E-state index in [2.05, 4.69) is 5.32 Å². The number of amides is 1. The molecule has 0 radical (unpaired) electrons. The smallest absolute Gasteiger partial charge is 0.306 e. The maximum absolute atomic E-state index is 12.1. The van der Waals surface area contributed by atoms with Crippen LogP contribution in [0.15, 0.2) is 16.7 Å². The van der Waals surface area contributed by atoms with E-state index in [4.69, 9.17) is 9.52 Å². The third-order valence-corrected chi connectivity index (χ3v) is 3.58. The number of aliphatic carboxylic acids is 1. The Morgan fingerprint density at radius 3 is 2.89 bits per heavy atom. The summed E-state index contributed by atoms with van der Waals surface area (Å²) in [6.45, 7) is 2.03. The molecule has 2 atom stereocenters. The summed E-state index contributed by atoms with van der Waals surface area (Å²) in [5.41, 5.74) is 0.570. The second-order valence-electron chi connectivity index (χ2n) is 5.03. The van der Waals surface area contributed by atoms with E-state index in [1.54, 1.807) is 6.07 Å². The molecule has 0 bridgehead atoms. The van der Waals surface area contributed by atoms with E-state index < -0.39 is 5.97 Å². The van der Waals surface area contributed by atoms with Gasteiger partial charge in [0.25, 0.3) is 5.91 Å². The molecule has 1 aliphatic carbocycles. The molecule has 0 aromatic carbocycles. The summed E-state index contributed by atoms with van der Waals surface area (Å²) in [5, 5.41) is 11.8. The number of nitrogens with one attached hydrogen (secondary N) is 1. The van der Waals surface area contributed by atoms with Crippen molar-refractivity contribution in [1.82, 2.24) is 5.32 Å². The third kappa shape index (κ3) is 3.16. The van der Waals surface area contributed by atoms with Gasteiger partial charge >= 0.3 is 5.97 Å². The lowest BCUT2D eigenvalue weighted by atomic mass is 10.1. The summed E-state index contributed by atoms with van der Waals surface area (Å²) < 4.78 is 5.30. The van der Waals surface area contributed by atoms with Gasteiger partial charge in [-0.05, 0) is 31.7 Å². The van der Waals surface area contributed by atoms with Crippen molar-refractivity contribution in [1.29, 1.82) is 0 Å². The van der Waals surface area contributed by atoms with Gasteiger partial charge in [-0.3, -0.25) is 9.59 Å². The molecule has 1 heterocycles. The van der Waals surface area contributed by atoms with Crippen LogP contribution in [0.5, 0.6) is 0 Å². The van der Waals surface area contributed by atoms with E-state index in [9.17, 15) is 9.59 Å². The fourth-order valence-electron chi connectivity index (χ4n) is 2.56. The van der Waals surface area contributed by atoms with Crippen molar-refractivity contribution in [3.63, 3.8) is 0 Å². The molecule has 1 aromatic heterocycles. The summed E-state index contributed by atoms with van der Waals surface area (Å²) >= 11 is 0. The van der Waals surface area contributed by atoms with E-state index in [-0.39, 0.29) is 17.9 Å². The van der Waals surface area contributed by atoms with Crippen LogP contribution in [0.4, 0.5) is 0 Å². The first-order valence-electron chi connectivity index (χ1n) is 6.71. The highest BCUT2D eigenvalue weighted by atomic mass is 16.4. The monoisotopic (exact) mass is 265 g/mol. The molecular formula is C14H19NO4. The number of rotatable bonds is 5. The summed E-state index contributed by atoms with van der Waals surface area (Å²) in [6, 6.07) is 1.63. The average molecular weight is 265 g/mol. The van der Waals surface area contributed by atoms with Crippen LogP contribution < -0.4 is 5.32 Å². The molecular weight excluding hydrogens is 246 g/mol. The Morgan fingerprint density at radius 2 is 2.26 bits per heavy atom. The van der Waals surface area contributed by atoms with Gasteiger partial charge in [-0.2, -0.15) is 0 Å². The molecule has 1 amide bonds. The number of carboxylic acid groups (broad SMARTS) is 1. The normalized spacial score (nSPS) is 22.4. The van der Waals surface area contributed by atoms with Crippen LogP contribution in [0, 0.1) is 5.92 Å². The lowest BCUT2D eigenvalue weighted by Crippen LogP contribution is -2.33. The minimum Gasteiger partial charge on any atom is -0.481 e. The first-order valence-corrected chi connectivity index (χ1v) is 6.71. The van der Waals surface area contributed by atoms with Crippen molar-refractivity contribution in [2.75, 3.05) is 0 Å². The van der Waals surface area contributed by atoms with Crippen molar-refractivity contribution in [3.8, 4) is 0 Å². The van der Waals surface area contributed by atoms with Crippen LogP contribution in [0.25, 0.3) is 0 Å². The van der Waals surface area contributed by atoms with E-state index in [1.807, 2.05) is 6.92 Å². The Morgan fingerprint density at radius 1 is 1.47 bits per heavy atom. The zero-order chi connectivity index (χ0) is 13.8. The number of furan rings is 1. The molecule has 104 valence electrons. The van der Waals surface area contributed by atoms with E-state index in [1.165, 1.54) is 6.26 Å². The van der Waals surface area contributed by atoms with Gasteiger partial charge in [0.1, 0.15) is 5.76 Å². The first-order chi connectivity index (χ1) is 9.11. The van der Waals surface area contributed by atoms with Crippen LogP contribution in [0.1, 0.15) is 48.7 Å². The Labute approximate surface area is 112 Å². The minimum absolute atomic E-state index is 0.0435. The van der Waals surface area contributed by atoms with Gasteiger partial charge in [-0.25, -0.2) is 0 Å². The summed E-state index contributed by atoms with van der Waals surface area (Å²) in [5.74, 6) is -0.558. The van der Waals surface area contributed by atoms with E-state index in [0.717, 1.165) is 19.3 Å². The van der Waals surface area contributed by atoms with Gasteiger partial charge in [0.2, 0.25) is 0 Å². The number of hydrogen-bond donors (Lipinski definition) is 2. The highest BCUT2D eigenvalue weighted by molar-refractivity contribution is 5.95. The summed E-state index contributed by atoms with van der Waals surface area (Å²) in [4.78, 5) is 23.0. The van der Waals surface area contributed by atoms with Crippen LogP contribution >= 0.6 is 0 Å².